The summed E-state index contributed by atoms with van der Waals surface area (Å²) in [4.78, 5) is 12.9. The predicted octanol–water partition coefficient (Wildman–Crippen LogP) is 2.94. The zero-order chi connectivity index (χ0) is 15.1. The molecule has 0 bridgehead atoms. The van der Waals surface area contributed by atoms with Gasteiger partial charge in [0, 0.05) is 13.6 Å². The molecule has 1 aliphatic rings. The van der Waals surface area contributed by atoms with E-state index in [2.05, 4.69) is 39.4 Å². The second-order valence-corrected chi connectivity index (χ2v) is 5.87. The molecule has 21 heavy (non-hydrogen) atoms. The largest absolute Gasteiger partial charge is 0.463 e. The normalized spacial score (nSPS) is 21.9. The first-order valence-corrected chi connectivity index (χ1v) is 8.01. The quantitative estimate of drug-likeness (QED) is 0.805. The van der Waals surface area contributed by atoms with Gasteiger partial charge in [-0.15, -0.1) is 0 Å². The second kappa shape index (κ2) is 8.00. The van der Waals surface area contributed by atoms with E-state index in [1.54, 1.807) is 7.05 Å². The molecule has 0 saturated heterocycles. The minimum absolute atomic E-state index is 0.385. The highest BCUT2D eigenvalue weighted by Gasteiger charge is 2.18. The van der Waals surface area contributed by atoms with Crippen molar-refractivity contribution in [2.75, 3.05) is 30.8 Å². The molecule has 118 valence electrons. The summed E-state index contributed by atoms with van der Waals surface area (Å²) in [6, 6.07) is 0.385. The third-order valence-corrected chi connectivity index (χ3v) is 3.96. The van der Waals surface area contributed by atoms with Crippen LogP contribution in [0, 0.1) is 11.8 Å². The van der Waals surface area contributed by atoms with E-state index in [1.807, 2.05) is 0 Å². The first kappa shape index (κ1) is 15.8. The molecule has 0 aromatic carbocycles. The highest BCUT2D eigenvalue weighted by Crippen LogP contribution is 2.28. The Morgan fingerprint density at radius 2 is 1.81 bits per heavy atom. The summed E-state index contributed by atoms with van der Waals surface area (Å²) in [5.74, 6) is 2.73. The average molecular weight is 293 g/mol. The maximum atomic E-state index is 5.50. The molecule has 0 radical (unpaired) electrons. The van der Waals surface area contributed by atoms with Crippen LogP contribution in [0.1, 0.15) is 46.0 Å². The predicted molar refractivity (Wildman–Crippen MR) is 84.8 cm³/mol. The van der Waals surface area contributed by atoms with Crippen molar-refractivity contribution in [2.45, 2.75) is 46.0 Å². The van der Waals surface area contributed by atoms with Gasteiger partial charge in [-0.2, -0.15) is 15.0 Å². The lowest BCUT2D eigenvalue weighted by molar-refractivity contribution is 0.291. The standard InChI is InChI=1S/C15H27N5O/c1-4-9-21-15-19-13(16-3)18-14(20-15)17-10-12-7-5-11(2)6-8-12/h11-12H,4-10H2,1-3H3,(H2,16,17,18,19,20). The lowest BCUT2D eigenvalue weighted by Crippen LogP contribution is -2.21. The van der Waals surface area contributed by atoms with E-state index in [1.165, 1.54) is 25.7 Å². The molecule has 6 nitrogen and oxygen atoms in total. The Hall–Kier alpha value is -1.59. The first-order valence-electron chi connectivity index (χ1n) is 8.01. The fourth-order valence-corrected chi connectivity index (χ4v) is 2.57. The van der Waals surface area contributed by atoms with Gasteiger partial charge in [-0.3, -0.25) is 0 Å². The topological polar surface area (TPSA) is 72.0 Å². The van der Waals surface area contributed by atoms with E-state index in [9.17, 15) is 0 Å². The molecule has 1 aromatic heterocycles. The maximum Gasteiger partial charge on any atom is 0.323 e. The van der Waals surface area contributed by atoms with Crippen molar-refractivity contribution in [3.05, 3.63) is 0 Å². The van der Waals surface area contributed by atoms with Crippen LogP contribution in [0.15, 0.2) is 0 Å². The van der Waals surface area contributed by atoms with Crippen molar-refractivity contribution in [1.29, 1.82) is 0 Å². The van der Waals surface area contributed by atoms with Crippen molar-refractivity contribution >= 4 is 11.9 Å². The van der Waals surface area contributed by atoms with E-state index >= 15 is 0 Å². The van der Waals surface area contributed by atoms with E-state index in [-0.39, 0.29) is 0 Å². The van der Waals surface area contributed by atoms with Gasteiger partial charge in [0.1, 0.15) is 0 Å². The number of anilines is 2. The van der Waals surface area contributed by atoms with Gasteiger partial charge in [0.25, 0.3) is 0 Å². The van der Waals surface area contributed by atoms with Crippen LogP contribution in [0.5, 0.6) is 6.01 Å². The zero-order valence-corrected chi connectivity index (χ0v) is 13.4. The number of nitrogens with one attached hydrogen (secondary N) is 2. The van der Waals surface area contributed by atoms with Crippen molar-refractivity contribution < 1.29 is 4.74 Å². The van der Waals surface area contributed by atoms with Crippen molar-refractivity contribution in [3.63, 3.8) is 0 Å². The Kier molecular flexibility index (Phi) is 6.02. The van der Waals surface area contributed by atoms with E-state index in [0.29, 0.717) is 24.5 Å². The minimum Gasteiger partial charge on any atom is -0.463 e. The summed E-state index contributed by atoms with van der Waals surface area (Å²) in [5.41, 5.74) is 0. The number of hydrogen-bond acceptors (Lipinski definition) is 6. The average Bonchev–Trinajstić information content (AvgIpc) is 2.52. The van der Waals surface area contributed by atoms with Crippen LogP contribution >= 0.6 is 0 Å². The number of nitrogens with zero attached hydrogens (tertiary/aromatic N) is 3. The van der Waals surface area contributed by atoms with Gasteiger partial charge in [0.05, 0.1) is 6.61 Å². The van der Waals surface area contributed by atoms with Crippen molar-refractivity contribution in [2.24, 2.45) is 11.8 Å². The lowest BCUT2D eigenvalue weighted by Gasteiger charge is -2.26. The van der Waals surface area contributed by atoms with Crippen LogP contribution in [-0.2, 0) is 0 Å². The van der Waals surface area contributed by atoms with E-state index < -0.39 is 0 Å². The van der Waals surface area contributed by atoms with Crippen LogP contribution in [0.4, 0.5) is 11.9 Å². The molecular weight excluding hydrogens is 266 g/mol. The van der Waals surface area contributed by atoms with E-state index in [0.717, 1.165) is 24.8 Å². The number of hydrogen-bond donors (Lipinski definition) is 2. The van der Waals surface area contributed by atoms with Crippen LogP contribution in [0.25, 0.3) is 0 Å². The first-order chi connectivity index (χ1) is 10.2. The van der Waals surface area contributed by atoms with Gasteiger partial charge < -0.3 is 15.4 Å². The van der Waals surface area contributed by atoms with Gasteiger partial charge in [0.2, 0.25) is 11.9 Å². The highest BCUT2D eigenvalue weighted by atomic mass is 16.5. The Labute approximate surface area is 127 Å². The third-order valence-electron chi connectivity index (χ3n) is 3.96. The number of aromatic nitrogens is 3. The molecule has 2 N–H and O–H groups in total. The van der Waals surface area contributed by atoms with Gasteiger partial charge in [-0.05, 0) is 31.1 Å². The zero-order valence-electron chi connectivity index (χ0n) is 13.4. The SMILES string of the molecule is CCCOc1nc(NC)nc(NCC2CCC(C)CC2)n1. The van der Waals surface area contributed by atoms with Crippen LogP contribution < -0.4 is 15.4 Å². The van der Waals surface area contributed by atoms with Gasteiger partial charge in [-0.1, -0.05) is 26.7 Å². The minimum atomic E-state index is 0.385. The van der Waals surface area contributed by atoms with Gasteiger partial charge in [-0.25, -0.2) is 0 Å². The summed E-state index contributed by atoms with van der Waals surface area (Å²) < 4.78 is 5.50. The van der Waals surface area contributed by atoms with Gasteiger partial charge in [0.15, 0.2) is 0 Å². The lowest BCUT2D eigenvalue weighted by atomic mass is 9.83. The molecule has 1 aromatic rings. The molecule has 2 rings (SSSR count). The molecule has 0 amide bonds. The molecule has 0 unspecified atom stereocenters. The summed E-state index contributed by atoms with van der Waals surface area (Å²) in [7, 11) is 1.80. The van der Waals surface area contributed by atoms with Crippen LogP contribution in [-0.4, -0.2) is 35.2 Å². The Morgan fingerprint density at radius 3 is 2.48 bits per heavy atom. The molecule has 1 saturated carbocycles. The molecule has 0 aliphatic heterocycles. The fraction of sp³-hybridized carbons (Fsp3) is 0.800. The molecule has 6 heteroatoms. The molecule has 1 aliphatic carbocycles. The highest BCUT2D eigenvalue weighted by molar-refractivity contribution is 5.35. The molecule has 1 fully saturated rings. The summed E-state index contributed by atoms with van der Waals surface area (Å²) in [6.45, 7) is 5.94. The maximum absolute atomic E-state index is 5.50. The monoisotopic (exact) mass is 293 g/mol. The Morgan fingerprint density at radius 1 is 1.10 bits per heavy atom. The molecular formula is C15H27N5O. The summed E-state index contributed by atoms with van der Waals surface area (Å²) in [6.07, 6.45) is 6.17. The van der Waals surface area contributed by atoms with Crippen LogP contribution in [0.3, 0.4) is 0 Å². The number of ether oxygens (including phenoxy) is 1. The summed E-state index contributed by atoms with van der Waals surface area (Å²) >= 11 is 0. The van der Waals surface area contributed by atoms with E-state index in [4.69, 9.17) is 4.74 Å². The van der Waals surface area contributed by atoms with Crippen molar-refractivity contribution in [3.8, 4) is 6.01 Å². The molecule has 0 spiro atoms. The van der Waals surface area contributed by atoms with Crippen molar-refractivity contribution in [1.82, 2.24) is 15.0 Å². The number of rotatable bonds is 7. The van der Waals surface area contributed by atoms with Crippen LogP contribution in [0.2, 0.25) is 0 Å². The van der Waals surface area contributed by atoms with Gasteiger partial charge >= 0.3 is 6.01 Å². The fourth-order valence-electron chi connectivity index (χ4n) is 2.57. The molecule has 1 heterocycles. The Balaban J connectivity index is 1.91. The smallest absolute Gasteiger partial charge is 0.323 e. The summed E-state index contributed by atoms with van der Waals surface area (Å²) in [5, 5.41) is 6.28. The second-order valence-electron chi connectivity index (χ2n) is 5.87. The molecule has 0 atom stereocenters. The third kappa shape index (κ3) is 5.02. The Bertz CT molecular complexity index is 432.